The van der Waals surface area contributed by atoms with Crippen molar-refractivity contribution in [1.29, 1.82) is 0 Å². The molecular weight excluding hydrogens is 452 g/mol. The molecule has 1 saturated heterocycles. The molecule has 11 heteroatoms. The third-order valence-electron chi connectivity index (χ3n) is 6.08. The van der Waals surface area contributed by atoms with Crippen LogP contribution >= 0.6 is 0 Å². The Bertz CT molecular complexity index is 1250. The van der Waals surface area contributed by atoms with Gasteiger partial charge in [0.1, 0.15) is 5.82 Å². The SMILES string of the molecule is CCS(=O)(=O)N1CCN(c2cnc(N)c(-c3ncc(-c4ccc(CNC)cc4)[nH]3)n2)CC1(C)C. The van der Waals surface area contributed by atoms with Gasteiger partial charge in [0, 0.05) is 31.7 Å². The number of benzene rings is 1. The lowest BCUT2D eigenvalue weighted by molar-refractivity contribution is 0.204. The summed E-state index contributed by atoms with van der Waals surface area (Å²) in [5, 5.41) is 3.14. The zero-order valence-electron chi connectivity index (χ0n) is 20.0. The van der Waals surface area contributed by atoms with Gasteiger partial charge in [-0.3, -0.25) is 0 Å². The van der Waals surface area contributed by atoms with E-state index >= 15 is 0 Å². The van der Waals surface area contributed by atoms with Gasteiger partial charge in [-0.1, -0.05) is 24.3 Å². The molecule has 4 rings (SSSR count). The van der Waals surface area contributed by atoms with Crippen molar-refractivity contribution >= 4 is 21.7 Å². The Labute approximate surface area is 200 Å². The molecule has 0 saturated carbocycles. The Kier molecular flexibility index (Phi) is 6.61. The molecule has 0 spiro atoms. The zero-order chi connectivity index (χ0) is 24.5. The highest BCUT2D eigenvalue weighted by Crippen LogP contribution is 2.30. The molecule has 1 fully saturated rings. The summed E-state index contributed by atoms with van der Waals surface area (Å²) in [6, 6.07) is 8.23. The maximum Gasteiger partial charge on any atom is 0.214 e. The zero-order valence-corrected chi connectivity index (χ0v) is 20.9. The highest BCUT2D eigenvalue weighted by molar-refractivity contribution is 7.89. The summed E-state index contributed by atoms with van der Waals surface area (Å²) in [5.41, 5.74) is 9.12. The lowest BCUT2D eigenvalue weighted by Crippen LogP contribution is -2.61. The van der Waals surface area contributed by atoms with Gasteiger partial charge in [0.25, 0.3) is 0 Å². The molecule has 1 aliphatic rings. The van der Waals surface area contributed by atoms with Crippen LogP contribution in [0.1, 0.15) is 26.3 Å². The number of nitrogens with two attached hydrogens (primary N) is 1. The van der Waals surface area contributed by atoms with Crippen molar-refractivity contribution in [2.75, 3.05) is 43.1 Å². The van der Waals surface area contributed by atoms with Crippen LogP contribution in [0.3, 0.4) is 0 Å². The summed E-state index contributed by atoms with van der Waals surface area (Å²) in [4.78, 5) is 18.9. The molecule has 1 aromatic carbocycles. The predicted octanol–water partition coefficient (Wildman–Crippen LogP) is 2.09. The summed E-state index contributed by atoms with van der Waals surface area (Å²) in [5.74, 6) is 1.54. The fourth-order valence-electron chi connectivity index (χ4n) is 4.32. The minimum absolute atomic E-state index is 0.0846. The van der Waals surface area contributed by atoms with Crippen LogP contribution in [0.4, 0.5) is 11.6 Å². The van der Waals surface area contributed by atoms with Crippen LogP contribution in [0.15, 0.2) is 36.7 Å². The average Bonchev–Trinajstić information content (AvgIpc) is 3.29. The number of hydrogen-bond donors (Lipinski definition) is 3. The molecule has 3 aromatic rings. The van der Waals surface area contributed by atoms with E-state index in [0.717, 1.165) is 17.8 Å². The van der Waals surface area contributed by atoms with Gasteiger partial charge in [-0.15, -0.1) is 0 Å². The van der Waals surface area contributed by atoms with Crippen molar-refractivity contribution in [2.45, 2.75) is 32.9 Å². The lowest BCUT2D eigenvalue weighted by atomic mass is 10.0. The van der Waals surface area contributed by atoms with Gasteiger partial charge in [0.05, 0.1) is 23.8 Å². The van der Waals surface area contributed by atoms with E-state index in [1.807, 2.05) is 37.9 Å². The van der Waals surface area contributed by atoms with Crippen molar-refractivity contribution in [2.24, 2.45) is 0 Å². The van der Waals surface area contributed by atoms with E-state index in [1.165, 1.54) is 5.56 Å². The predicted molar refractivity (Wildman–Crippen MR) is 135 cm³/mol. The second-order valence-corrected chi connectivity index (χ2v) is 11.2. The number of nitrogens with one attached hydrogen (secondary N) is 2. The molecule has 0 aliphatic carbocycles. The minimum atomic E-state index is -3.29. The van der Waals surface area contributed by atoms with Crippen molar-refractivity contribution in [3.63, 3.8) is 0 Å². The molecule has 0 atom stereocenters. The number of sulfonamides is 1. The Balaban J connectivity index is 1.58. The molecule has 182 valence electrons. The summed E-state index contributed by atoms with van der Waals surface area (Å²) < 4.78 is 26.6. The van der Waals surface area contributed by atoms with E-state index in [-0.39, 0.29) is 11.6 Å². The molecule has 0 radical (unpaired) electrons. The van der Waals surface area contributed by atoms with Crippen LogP contribution in [-0.4, -0.2) is 70.6 Å². The van der Waals surface area contributed by atoms with Crippen LogP contribution in [-0.2, 0) is 16.6 Å². The number of aromatic nitrogens is 4. The van der Waals surface area contributed by atoms with Gasteiger partial charge in [-0.05, 0) is 38.9 Å². The number of hydrogen-bond acceptors (Lipinski definition) is 8. The highest BCUT2D eigenvalue weighted by Gasteiger charge is 2.40. The van der Waals surface area contributed by atoms with Crippen LogP contribution in [0.2, 0.25) is 0 Å². The van der Waals surface area contributed by atoms with E-state index in [4.69, 9.17) is 10.7 Å². The standard InChI is InChI=1S/C23H32N8O2S/c1-5-34(32,33)31-11-10-30(15-23(31,2)3)19-14-26-21(24)20(29-19)22-27-13-18(28-22)17-8-6-16(7-9-17)12-25-4/h6-9,13-14,25H,5,10-12,15H2,1-4H3,(H2,24,26)(H,27,28). The quantitative estimate of drug-likeness (QED) is 0.464. The molecule has 34 heavy (non-hydrogen) atoms. The van der Waals surface area contributed by atoms with Gasteiger partial charge in [0.15, 0.2) is 17.3 Å². The molecule has 0 amide bonds. The van der Waals surface area contributed by atoms with Gasteiger partial charge < -0.3 is 20.9 Å². The van der Waals surface area contributed by atoms with Gasteiger partial charge in [0.2, 0.25) is 10.0 Å². The maximum atomic E-state index is 12.5. The number of anilines is 2. The molecule has 2 aromatic heterocycles. The number of piperazine rings is 1. The van der Waals surface area contributed by atoms with Crippen LogP contribution in [0.5, 0.6) is 0 Å². The number of nitrogen functional groups attached to an aromatic ring is 1. The monoisotopic (exact) mass is 484 g/mol. The fourth-order valence-corrected chi connectivity index (χ4v) is 5.80. The molecule has 4 N–H and O–H groups in total. The minimum Gasteiger partial charge on any atom is -0.382 e. The smallest absolute Gasteiger partial charge is 0.214 e. The second-order valence-electron chi connectivity index (χ2n) is 9.04. The number of nitrogens with zero attached hydrogens (tertiary/aromatic N) is 5. The molecular formula is C23H32N8O2S. The molecule has 1 aliphatic heterocycles. The van der Waals surface area contributed by atoms with E-state index in [0.29, 0.717) is 37.0 Å². The van der Waals surface area contributed by atoms with Crippen molar-refractivity contribution in [1.82, 2.24) is 29.6 Å². The summed E-state index contributed by atoms with van der Waals surface area (Å²) in [6.07, 6.45) is 3.39. The van der Waals surface area contributed by atoms with Crippen LogP contribution in [0, 0.1) is 0 Å². The van der Waals surface area contributed by atoms with Crippen molar-refractivity contribution in [3.8, 4) is 22.8 Å². The second kappa shape index (κ2) is 9.32. The Hall–Kier alpha value is -3.02. The summed E-state index contributed by atoms with van der Waals surface area (Å²) in [7, 11) is -1.37. The highest BCUT2D eigenvalue weighted by atomic mass is 32.2. The number of aromatic amines is 1. The normalized spacial score (nSPS) is 16.6. The van der Waals surface area contributed by atoms with Gasteiger partial charge in [-0.25, -0.2) is 23.4 Å². The number of rotatable bonds is 7. The summed E-state index contributed by atoms with van der Waals surface area (Å²) >= 11 is 0. The third-order valence-corrected chi connectivity index (χ3v) is 8.16. The van der Waals surface area contributed by atoms with Gasteiger partial charge >= 0.3 is 0 Å². The van der Waals surface area contributed by atoms with E-state index in [9.17, 15) is 8.42 Å². The molecule has 10 nitrogen and oxygen atoms in total. The first kappa shape index (κ1) is 24.1. The molecule has 0 bridgehead atoms. The average molecular weight is 485 g/mol. The van der Waals surface area contributed by atoms with Crippen molar-refractivity contribution < 1.29 is 8.42 Å². The maximum absolute atomic E-state index is 12.5. The van der Waals surface area contributed by atoms with E-state index < -0.39 is 15.6 Å². The summed E-state index contributed by atoms with van der Waals surface area (Å²) in [6.45, 7) is 7.73. The lowest BCUT2D eigenvalue weighted by Gasteiger charge is -2.46. The van der Waals surface area contributed by atoms with Crippen molar-refractivity contribution in [3.05, 3.63) is 42.2 Å². The molecule has 0 unspecified atom stereocenters. The van der Waals surface area contributed by atoms with Crippen LogP contribution < -0.4 is 16.0 Å². The third kappa shape index (κ3) is 4.77. The Morgan fingerprint density at radius 2 is 1.88 bits per heavy atom. The topological polar surface area (TPSA) is 133 Å². The first-order chi connectivity index (χ1) is 16.1. The first-order valence-corrected chi connectivity index (χ1v) is 12.9. The largest absolute Gasteiger partial charge is 0.382 e. The van der Waals surface area contributed by atoms with Gasteiger partial charge in [-0.2, -0.15) is 4.31 Å². The Morgan fingerprint density at radius 3 is 2.53 bits per heavy atom. The van der Waals surface area contributed by atoms with E-state index in [1.54, 1.807) is 23.6 Å². The van der Waals surface area contributed by atoms with E-state index in [2.05, 4.69) is 32.4 Å². The first-order valence-electron chi connectivity index (χ1n) is 11.3. The number of H-pyrrole nitrogens is 1. The number of imidazole rings is 1. The fraction of sp³-hybridized carbons (Fsp3) is 0.435. The molecule has 3 heterocycles. The van der Waals surface area contributed by atoms with Crippen LogP contribution in [0.25, 0.3) is 22.8 Å². The Morgan fingerprint density at radius 1 is 1.15 bits per heavy atom.